The van der Waals surface area contributed by atoms with Gasteiger partial charge in [0.15, 0.2) is 0 Å². The van der Waals surface area contributed by atoms with Crippen LogP contribution in [0.2, 0.25) is 0 Å². The van der Waals surface area contributed by atoms with Gasteiger partial charge in [-0.3, -0.25) is 9.36 Å². The van der Waals surface area contributed by atoms with Crippen molar-refractivity contribution in [3.63, 3.8) is 0 Å². The van der Waals surface area contributed by atoms with Gasteiger partial charge in [0.05, 0.1) is 39.9 Å². The number of phosphoric ester groups is 1. The van der Waals surface area contributed by atoms with Gasteiger partial charge in [-0.05, 0) is 19.3 Å². The zero-order valence-electron chi connectivity index (χ0n) is 52.7. The van der Waals surface area contributed by atoms with E-state index >= 15 is 0 Å². The van der Waals surface area contributed by atoms with E-state index in [0.29, 0.717) is 17.4 Å². The molecule has 2 N–H and O–H groups in total. The maximum Gasteiger partial charge on any atom is 0.268 e. The number of unbranched alkanes of at least 4 members (excludes halogenated alkanes) is 52. The first-order chi connectivity index (χ1) is 37.5. The van der Waals surface area contributed by atoms with Crippen molar-refractivity contribution >= 4 is 13.7 Å². The van der Waals surface area contributed by atoms with Crippen LogP contribution in [0.5, 0.6) is 0 Å². The minimum atomic E-state index is -4.60. The molecular formula is C68H137N2O6P. The standard InChI is InChI=1S/C68H137N2O6P/c1-6-8-10-12-14-16-18-20-22-24-26-27-28-29-30-31-32-33-34-35-36-37-38-39-40-41-42-43-44-46-48-50-52-54-56-58-60-62-68(72)69-66(65-76-77(73,74)75-64-63-70(3,4)5)67(71)61-59-57-55-53-51-49-47-45-25-23-21-19-17-15-13-11-9-7-2/h59,61,66-67,71H,6-58,60,62-65H2,1-5H3,(H-,69,72,73,74)/b61-59+. The minimum Gasteiger partial charge on any atom is -0.756 e. The van der Waals surface area contributed by atoms with Crippen molar-refractivity contribution < 1.29 is 32.9 Å². The molecule has 0 saturated heterocycles. The van der Waals surface area contributed by atoms with Gasteiger partial charge in [0.2, 0.25) is 5.91 Å². The maximum absolute atomic E-state index is 13.0. The molecule has 8 nitrogen and oxygen atoms in total. The molecule has 3 atom stereocenters. The quantitative estimate of drug-likeness (QED) is 0.0272. The lowest BCUT2D eigenvalue weighted by Gasteiger charge is -2.29. The SMILES string of the molecule is CCCCCCCCCCCCCCCCCC/C=C/C(O)C(COP(=O)([O-])OCC[N+](C)(C)C)NC(=O)CCCCCCCCCCCCCCCCCCCCCCCCCCCCCCCCCCCCCCC. The molecule has 0 aliphatic carbocycles. The second-order valence-electron chi connectivity index (χ2n) is 25.3. The summed E-state index contributed by atoms with van der Waals surface area (Å²) in [5.74, 6) is -0.188. The van der Waals surface area contributed by atoms with E-state index in [4.69, 9.17) is 9.05 Å². The highest BCUT2D eigenvalue weighted by molar-refractivity contribution is 7.45. The number of carbonyl (C=O) groups excluding carboxylic acids is 1. The molecule has 460 valence electrons. The van der Waals surface area contributed by atoms with E-state index < -0.39 is 20.0 Å². The van der Waals surface area contributed by atoms with E-state index in [1.54, 1.807) is 6.08 Å². The van der Waals surface area contributed by atoms with E-state index in [-0.39, 0.29) is 19.1 Å². The molecule has 0 heterocycles. The van der Waals surface area contributed by atoms with Crippen molar-refractivity contribution in [1.82, 2.24) is 5.32 Å². The molecule has 0 aliphatic rings. The van der Waals surface area contributed by atoms with Crippen LogP contribution >= 0.6 is 7.82 Å². The number of aliphatic hydroxyl groups excluding tert-OH is 1. The normalized spacial score (nSPS) is 13.7. The van der Waals surface area contributed by atoms with Crippen molar-refractivity contribution in [3.05, 3.63) is 12.2 Å². The molecule has 9 heteroatoms. The molecule has 0 aromatic heterocycles. The summed E-state index contributed by atoms with van der Waals surface area (Å²) in [5.41, 5.74) is 0. The average Bonchev–Trinajstić information content (AvgIpc) is 3.39. The van der Waals surface area contributed by atoms with E-state index in [1.165, 1.54) is 308 Å². The molecule has 0 rings (SSSR count). The van der Waals surface area contributed by atoms with Crippen LogP contribution in [-0.4, -0.2) is 68.5 Å². The summed E-state index contributed by atoms with van der Waals surface area (Å²) >= 11 is 0. The Morgan fingerprint density at radius 3 is 0.974 bits per heavy atom. The third-order valence-corrected chi connectivity index (χ3v) is 17.2. The first kappa shape index (κ1) is 76.2. The van der Waals surface area contributed by atoms with E-state index in [0.717, 1.165) is 38.5 Å². The van der Waals surface area contributed by atoms with Gasteiger partial charge in [-0.2, -0.15) is 0 Å². The van der Waals surface area contributed by atoms with Crippen LogP contribution in [0.3, 0.4) is 0 Å². The molecule has 0 aromatic rings. The van der Waals surface area contributed by atoms with Crippen LogP contribution in [0.1, 0.15) is 367 Å². The van der Waals surface area contributed by atoms with Crippen molar-refractivity contribution in [2.75, 3.05) is 40.9 Å². The molecular weight excluding hydrogens is 972 g/mol. The van der Waals surface area contributed by atoms with E-state index in [1.807, 2.05) is 27.2 Å². The number of allylic oxidation sites excluding steroid dienone is 1. The monoisotopic (exact) mass is 1110 g/mol. The Morgan fingerprint density at radius 1 is 0.442 bits per heavy atom. The molecule has 0 fully saturated rings. The molecule has 3 unspecified atom stereocenters. The summed E-state index contributed by atoms with van der Waals surface area (Å²) in [7, 11) is 1.28. The molecule has 0 bridgehead atoms. The Morgan fingerprint density at radius 2 is 0.701 bits per heavy atom. The zero-order chi connectivity index (χ0) is 56.3. The highest BCUT2D eigenvalue weighted by atomic mass is 31.2. The van der Waals surface area contributed by atoms with Crippen LogP contribution in [0.4, 0.5) is 0 Å². The number of quaternary nitrogens is 1. The number of carbonyl (C=O) groups is 1. The summed E-state index contributed by atoms with van der Waals surface area (Å²) in [6.07, 6.45) is 76.3. The summed E-state index contributed by atoms with van der Waals surface area (Å²) in [4.78, 5) is 25.6. The predicted octanol–water partition coefficient (Wildman–Crippen LogP) is 21.1. The first-order valence-electron chi connectivity index (χ1n) is 34.6. The Labute approximate surface area is 482 Å². The Bertz CT molecular complexity index is 1260. The Balaban J connectivity index is 3.91. The minimum absolute atomic E-state index is 0.00282. The fourth-order valence-corrected chi connectivity index (χ4v) is 11.6. The lowest BCUT2D eigenvalue weighted by atomic mass is 10.0. The highest BCUT2D eigenvalue weighted by Gasteiger charge is 2.23. The zero-order valence-corrected chi connectivity index (χ0v) is 53.6. The summed E-state index contributed by atoms with van der Waals surface area (Å²) in [6, 6.07) is -0.883. The number of hydrogen-bond donors (Lipinski definition) is 2. The topological polar surface area (TPSA) is 108 Å². The lowest BCUT2D eigenvalue weighted by molar-refractivity contribution is -0.870. The highest BCUT2D eigenvalue weighted by Crippen LogP contribution is 2.38. The number of amides is 1. The number of phosphoric acid groups is 1. The number of nitrogens with one attached hydrogen (secondary N) is 1. The fraction of sp³-hybridized carbons (Fsp3) is 0.956. The second-order valence-corrected chi connectivity index (χ2v) is 26.7. The van der Waals surface area contributed by atoms with Gasteiger partial charge < -0.3 is 28.8 Å². The van der Waals surface area contributed by atoms with Gasteiger partial charge >= 0.3 is 0 Å². The first-order valence-corrected chi connectivity index (χ1v) is 36.0. The number of hydrogen-bond acceptors (Lipinski definition) is 6. The van der Waals surface area contributed by atoms with Crippen LogP contribution in [0.15, 0.2) is 12.2 Å². The lowest BCUT2D eigenvalue weighted by Crippen LogP contribution is -2.45. The van der Waals surface area contributed by atoms with Crippen LogP contribution in [0, 0.1) is 0 Å². The number of rotatable bonds is 65. The van der Waals surface area contributed by atoms with Crippen molar-refractivity contribution in [1.29, 1.82) is 0 Å². The van der Waals surface area contributed by atoms with Crippen molar-refractivity contribution in [2.45, 2.75) is 379 Å². The number of likely N-dealkylation sites (N-methyl/N-ethyl adjacent to an activating group) is 1. The number of nitrogens with zero attached hydrogens (tertiary/aromatic N) is 1. The maximum atomic E-state index is 13.0. The van der Waals surface area contributed by atoms with Crippen molar-refractivity contribution in [2.24, 2.45) is 0 Å². The third-order valence-electron chi connectivity index (χ3n) is 16.2. The summed E-state index contributed by atoms with van der Waals surface area (Å²) in [5, 5.41) is 13.9. The Kier molecular flexibility index (Phi) is 59.3. The van der Waals surface area contributed by atoms with Crippen LogP contribution in [-0.2, 0) is 18.4 Å². The molecule has 0 radical (unpaired) electrons. The van der Waals surface area contributed by atoms with E-state index in [9.17, 15) is 19.4 Å². The van der Waals surface area contributed by atoms with Gasteiger partial charge in [-0.15, -0.1) is 0 Å². The van der Waals surface area contributed by atoms with Crippen LogP contribution < -0.4 is 10.2 Å². The van der Waals surface area contributed by atoms with Gasteiger partial charge in [-0.25, -0.2) is 0 Å². The van der Waals surface area contributed by atoms with Gasteiger partial charge in [-0.1, -0.05) is 353 Å². The van der Waals surface area contributed by atoms with Crippen LogP contribution in [0.25, 0.3) is 0 Å². The fourth-order valence-electron chi connectivity index (χ4n) is 10.9. The smallest absolute Gasteiger partial charge is 0.268 e. The molecule has 0 saturated carbocycles. The summed E-state index contributed by atoms with van der Waals surface area (Å²) in [6.45, 7) is 4.71. The van der Waals surface area contributed by atoms with Gasteiger partial charge in [0.1, 0.15) is 13.2 Å². The largest absolute Gasteiger partial charge is 0.756 e. The number of aliphatic hydroxyl groups is 1. The summed E-state index contributed by atoms with van der Waals surface area (Å²) < 4.78 is 23.4. The van der Waals surface area contributed by atoms with E-state index in [2.05, 4.69) is 19.2 Å². The van der Waals surface area contributed by atoms with Gasteiger partial charge in [0, 0.05) is 6.42 Å². The van der Waals surface area contributed by atoms with Crippen molar-refractivity contribution in [3.8, 4) is 0 Å². The predicted molar refractivity (Wildman–Crippen MR) is 335 cm³/mol. The Hall–Kier alpha value is -0.760. The molecule has 0 aliphatic heterocycles. The molecule has 0 aromatic carbocycles. The third kappa shape index (κ3) is 62.7. The second kappa shape index (κ2) is 59.8. The average molecular weight is 1110 g/mol. The molecule has 77 heavy (non-hydrogen) atoms. The van der Waals surface area contributed by atoms with Gasteiger partial charge in [0.25, 0.3) is 7.82 Å². The molecule has 1 amide bonds. The molecule has 0 spiro atoms.